The number of nitrogens with two attached hydrogens (primary N) is 1. The van der Waals surface area contributed by atoms with Crippen LogP contribution in [0.3, 0.4) is 0 Å². The standard InChI is InChI=1S/C12H9BrN4O3S/c13-8-2-1-3-9(5-8)21-12-10(17(19)20)4-7(6-15-12)11(14)16-18/h1-6,18H,(H2,14,16). The number of benzene rings is 1. The van der Waals surface area contributed by atoms with E-state index in [1.165, 1.54) is 12.3 Å². The van der Waals surface area contributed by atoms with Gasteiger partial charge in [-0.2, -0.15) is 0 Å². The molecule has 9 heteroatoms. The highest BCUT2D eigenvalue weighted by molar-refractivity contribution is 9.10. The summed E-state index contributed by atoms with van der Waals surface area (Å²) in [4.78, 5) is 15.4. The third-order valence-corrected chi connectivity index (χ3v) is 3.93. The molecule has 0 fully saturated rings. The maximum absolute atomic E-state index is 11.1. The molecule has 21 heavy (non-hydrogen) atoms. The molecular formula is C12H9BrN4O3S. The number of nitrogens with zero attached hydrogens (tertiary/aromatic N) is 3. The molecule has 1 aromatic carbocycles. The van der Waals surface area contributed by atoms with E-state index in [0.717, 1.165) is 21.1 Å². The Balaban J connectivity index is 2.41. The molecule has 2 aromatic rings. The Bertz CT molecular complexity index is 723. The van der Waals surface area contributed by atoms with Crippen LogP contribution in [0.4, 0.5) is 5.69 Å². The number of hydrogen-bond acceptors (Lipinski definition) is 6. The SMILES string of the molecule is N/C(=N/O)c1cnc(Sc2cccc(Br)c2)c([N+](=O)[O-])c1. The summed E-state index contributed by atoms with van der Waals surface area (Å²) in [5.74, 6) is -0.232. The zero-order valence-corrected chi connectivity index (χ0v) is 12.8. The van der Waals surface area contributed by atoms with E-state index < -0.39 is 4.92 Å². The average Bonchev–Trinajstić information content (AvgIpc) is 2.46. The van der Waals surface area contributed by atoms with Crippen molar-refractivity contribution in [3.63, 3.8) is 0 Å². The quantitative estimate of drug-likeness (QED) is 0.282. The lowest BCUT2D eigenvalue weighted by Gasteiger charge is -2.04. The fraction of sp³-hybridized carbons (Fsp3) is 0. The van der Waals surface area contributed by atoms with Gasteiger partial charge in [-0.3, -0.25) is 10.1 Å². The minimum Gasteiger partial charge on any atom is -0.409 e. The highest BCUT2D eigenvalue weighted by Crippen LogP contribution is 2.34. The Morgan fingerprint density at radius 3 is 2.86 bits per heavy atom. The molecule has 0 atom stereocenters. The summed E-state index contributed by atoms with van der Waals surface area (Å²) in [7, 11) is 0. The Hall–Kier alpha value is -2.13. The van der Waals surface area contributed by atoms with Gasteiger partial charge in [0.1, 0.15) is 0 Å². The van der Waals surface area contributed by atoms with Crippen LogP contribution < -0.4 is 5.73 Å². The molecule has 0 aliphatic heterocycles. The summed E-state index contributed by atoms with van der Waals surface area (Å²) in [5, 5.41) is 22.8. The summed E-state index contributed by atoms with van der Waals surface area (Å²) < 4.78 is 0.864. The molecule has 0 spiro atoms. The van der Waals surface area contributed by atoms with Crippen LogP contribution in [0.25, 0.3) is 0 Å². The molecule has 0 saturated heterocycles. The van der Waals surface area contributed by atoms with Crippen LogP contribution in [0.15, 0.2) is 56.1 Å². The Morgan fingerprint density at radius 2 is 2.24 bits per heavy atom. The number of oxime groups is 1. The van der Waals surface area contributed by atoms with Gasteiger partial charge < -0.3 is 10.9 Å². The van der Waals surface area contributed by atoms with Crippen LogP contribution in [0.5, 0.6) is 0 Å². The molecule has 1 heterocycles. The van der Waals surface area contributed by atoms with Crippen molar-refractivity contribution in [3.8, 4) is 0 Å². The van der Waals surface area contributed by atoms with Crippen molar-refractivity contribution in [2.75, 3.05) is 0 Å². The van der Waals surface area contributed by atoms with E-state index in [1.807, 2.05) is 24.3 Å². The molecule has 0 radical (unpaired) electrons. The average molecular weight is 369 g/mol. The van der Waals surface area contributed by atoms with Crippen LogP contribution in [0.1, 0.15) is 5.56 Å². The van der Waals surface area contributed by atoms with E-state index in [1.54, 1.807) is 0 Å². The number of nitro groups is 1. The van der Waals surface area contributed by atoms with Crippen LogP contribution in [0, 0.1) is 10.1 Å². The van der Waals surface area contributed by atoms with Crippen molar-refractivity contribution in [3.05, 3.63) is 56.7 Å². The number of hydrogen-bond donors (Lipinski definition) is 2. The molecule has 108 valence electrons. The van der Waals surface area contributed by atoms with Crippen LogP contribution in [-0.4, -0.2) is 21.0 Å². The predicted octanol–water partition coefficient (Wildman–Crippen LogP) is 3.00. The van der Waals surface area contributed by atoms with E-state index >= 15 is 0 Å². The van der Waals surface area contributed by atoms with Gasteiger partial charge in [0.05, 0.1) is 4.92 Å². The zero-order chi connectivity index (χ0) is 15.4. The third kappa shape index (κ3) is 3.70. The second kappa shape index (κ2) is 6.55. The maximum Gasteiger partial charge on any atom is 0.302 e. The monoisotopic (exact) mass is 368 g/mol. The summed E-state index contributed by atoms with van der Waals surface area (Å²) in [6.45, 7) is 0. The summed E-state index contributed by atoms with van der Waals surface area (Å²) in [5.41, 5.74) is 5.39. The smallest absolute Gasteiger partial charge is 0.302 e. The van der Waals surface area contributed by atoms with Crippen molar-refractivity contribution < 1.29 is 10.1 Å². The second-order valence-electron chi connectivity index (χ2n) is 3.85. The second-order valence-corrected chi connectivity index (χ2v) is 5.83. The fourth-order valence-electron chi connectivity index (χ4n) is 1.49. The van der Waals surface area contributed by atoms with Crippen molar-refractivity contribution in [2.24, 2.45) is 10.9 Å². The first-order valence-corrected chi connectivity index (χ1v) is 7.18. The Labute approximate surface area is 132 Å². The summed E-state index contributed by atoms with van der Waals surface area (Å²) >= 11 is 4.49. The van der Waals surface area contributed by atoms with Crippen molar-refractivity contribution >= 4 is 39.2 Å². The highest BCUT2D eigenvalue weighted by atomic mass is 79.9. The Kier molecular flexibility index (Phi) is 4.76. The van der Waals surface area contributed by atoms with Gasteiger partial charge in [-0.15, -0.1) is 0 Å². The molecule has 2 rings (SSSR count). The number of aromatic nitrogens is 1. The van der Waals surface area contributed by atoms with Gasteiger partial charge in [0.2, 0.25) is 0 Å². The van der Waals surface area contributed by atoms with E-state index in [0.29, 0.717) is 0 Å². The van der Waals surface area contributed by atoms with E-state index in [9.17, 15) is 10.1 Å². The molecule has 0 aliphatic rings. The van der Waals surface area contributed by atoms with Gasteiger partial charge in [0.25, 0.3) is 0 Å². The van der Waals surface area contributed by atoms with Gasteiger partial charge in [-0.05, 0) is 18.2 Å². The van der Waals surface area contributed by atoms with Gasteiger partial charge in [0.15, 0.2) is 10.9 Å². The summed E-state index contributed by atoms with van der Waals surface area (Å²) in [6.07, 6.45) is 1.32. The number of halogens is 1. The lowest BCUT2D eigenvalue weighted by atomic mass is 10.2. The minimum atomic E-state index is -0.554. The van der Waals surface area contributed by atoms with E-state index in [2.05, 4.69) is 26.1 Å². The number of rotatable bonds is 4. The minimum absolute atomic E-state index is 0.183. The van der Waals surface area contributed by atoms with Crippen molar-refractivity contribution in [1.82, 2.24) is 4.98 Å². The first-order valence-electron chi connectivity index (χ1n) is 5.57. The molecule has 0 amide bonds. The van der Waals surface area contributed by atoms with Crippen LogP contribution >= 0.6 is 27.7 Å². The molecule has 0 bridgehead atoms. The topological polar surface area (TPSA) is 115 Å². The number of amidine groups is 1. The van der Waals surface area contributed by atoms with E-state index in [4.69, 9.17) is 10.9 Å². The third-order valence-electron chi connectivity index (χ3n) is 2.44. The molecule has 3 N–H and O–H groups in total. The van der Waals surface area contributed by atoms with Crippen molar-refractivity contribution in [1.29, 1.82) is 0 Å². The van der Waals surface area contributed by atoms with Gasteiger partial charge in [-0.25, -0.2) is 4.98 Å². The highest BCUT2D eigenvalue weighted by Gasteiger charge is 2.19. The molecule has 0 unspecified atom stereocenters. The first kappa shape index (κ1) is 15.3. The van der Waals surface area contributed by atoms with Crippen molar-refractivity contribution in [2.45, 2.75) is 9.92 Å². The molecule has 0 saturated carbocycles. The molecule has 7 nitrogen and oxygen atoms in total. The first-order chi connectivity index (χ1) is 10.0. The zero-order valence-electron chi connectivity index (χ0n) is 10.4. The molecule has 1 aromatic heterocycles. The van der Waals surface area contributed by atoms with Crippen LogP contribution in [0.2, 0.25) is 0 Å². The van der Waals surface area contributed by atoms with E-state index in [-0.39, 0.29) is 22.1 Å². The number of pyridine rings is 1. The normalized spacial score (nSPS) is 11.4. The molecular weight excluding hydrogens is 360 g/mol. The summed E-state index contributed by atoms with van der Waals surface area (Å²) in [6, 6.07) is 8.55. The fourth-order valence-corrected chi connectivity index (χ4v) is 2.94. The maximum atomic E-state index is 11.1. The lowest BCUT2D eigenvalue weighted by Crippen LogP contribution is -2.14. The van der Waals surface area contributed by atoms with Crippen LogP contribution in [-0.2, 0) is 0 Å². The Morgan fingerprint density at radius 1 is 1.48 bits per heavy atom. The lowest BCUT2D eigenvalue weighted by molar-refractivity contribution is -0.388. The van der Waals surface area contributed by atoms with Gasteiger partial charge >= 0.3 is 5.69 Å². The van der Waals surface area contributed by atoms with Gasteiger partial charge in [0, 0.05) is 27.2 Å². The predicted molar refractivity (Wildman–Crippen MR) is 81.7 cm³/mol. The molecule has 0 aliphatic carbocycles. The van der Waals surface area contributed by atoms with Gasteiger partial charge in [-0.1, -0.05) is 38.9 Å². The largest absolute Gasteiger partial charge is 0.409 e.